The molecule has 3 N–H and O–H groups in total. The Hall–Kier alpha value is -0.120. The van der Waals surface area contributed by atoms with Gasteiger partial charge in [0.15, 0.2) is 0 Å². The van der Waals surface area contributed by atoms with E-state index in [9.17, 15) is 0 Å². The lowest BCUT2D eigenvalue weighted by molar-refractivity contribution is 0.286. The minimum absolute atomic E-state index is 0.282. The lowest BCUT2D eigenvalue weighted by Crippen LogP contribution is -2.32. The Labute approximate surface area is 69.2 Å². The molecular formula is C8H20N2O. The van der Waals surface area contributed by atoms with Crippen LogP contribution < -0.4 is 10.6 Å². The van der Waals surface area contributed by atoms with Crippen LogP contribution in [0.25, 0.3) is 0 Å². The summed E-state index contributed by atoms with van der Waals surface area (Å²) in [7, 11) is 0. The fourth-order valence-electron chi connectivity index (χ4n) is 0.778. The van der Waals surface area contributed by atoms with Gasteiger partial charge >= 0.3 is 0 Å². The third-order valence-corrected chi connectivity index (χ3v) is 1.37. The number of hydrogen-bond donors (Lipinski definition) is 3. The van der Waals surface area contributed by atoms with Gasteiger partial charge in [-0.1, -0.05) is 13.8 Å². The highest BCUT2D eigenvalue weighted by molar-refractivity contribution is 4.55. The van der Waals surface area contributed by atoms with E-state index in [1.54, 1.807) is 0 Å². The first-order valence-electron chi connectivity index (χ1n) is 4.32. The van der Waals surface area contributed by atoms with E-state index in [1.807, 2.05) is 0 Å². The van der Waals surface area contributed by atoms with Gasteiger partial charge in [0.1, 0.15) is 0 Å². The van der Waals surface area contributed by atoms with Crippen molar-refractivity contribution in [2.24, 2.45) is 0 Å². The molecule has 0 radical (unpaired) electrons. The van der Waals surface area contributed by atoms with Crippen molar-refractivity contribution in [1.82, 2.24) is 10.6 Å². The molecule has 0 aliphatic carbocycles. The van der Waals surface area contributed by atoms with Gasteiger partial charge < -0.3 is 15.7 Å². The fourth-order valence-corrected chi connectivity index (χ4v) is 0.778. The van der Waals surface area contributed by atoms with Crippen LogP contribution in [-0.4, -0.2) is 37.4 Å². The van der Waals surface area contributed by atoms with E-state index in [0.717, 1.165) is 26.1 Å². The fraction of sp³-hybridized carbons (Fsp3) is 1.00. The summed E-state index contributed by atoms with van der Waals surface area (Å²) in [6.07, 6.45) is 0.849. The van der Waals surface area contributed by atoms with E-state index < -0.39 is 0 Å². The summed E-state index contributed by atoms with van der Waals surface area (Å²) in [5.41, 5.74) is 0. The number of aliphatic hydroxyl groups is 1. The Kier molecular flexibility index (Phi) is 7.89. The molecule has 0 fully saturated rings. The lowest BCUT2D eigenvalue weighted by Gasteiger charge is -2.08. The smallest absolute Gasteiger partial charge is 0.0443 e. The predicted octanol–water partition coefficient (Wildman–Crippen LogP) is -0.0436. The number of nitrogens with one attached hydrogen (secondary N) is 2. The maximum atomic E-state index is 8.46. The van der Waals surface area contributed by atoms with Crippen LogP contribution in [0.3, 0.4) is 0 Å². The molecule has 0 saturated carbocycles. The van der Waals surface area contributed by atoms with Crippen LogP contribution in [0.2, 0.25) is 0 Å². The Bertz CT molecular complexity index is 76.5. The van der Waals surface area contributed by atoms with E-state index in [0.29, 0.717) is 6.04 Å². The van der Waals surface area contributed by atoms with E-state index >= 15 is 0 Å². The first-order valence-corrected chi connectivity index (χ1v) is 4.32. The molecule has 3 heteroatoms. The zero-order valence-corrected chi connectivity index (χ0v) is 7.56. The highest BCUT2D eigenvalue weighted by Crippen LogP contribution is 1.74. The molecule has 0 unspecified atom stereocenters. The van der Waals surface area contributed by atoms with E-state index in [4.69, 9.17) is 5.11 Å². The maximum Gasteiger partial charge on any atom is 0.0443 e. The van der Waals surface area contributed by atoms with E-state index in [-0.39, 0.29) is 6.61 Å². The van der Waals surface area contributed by atoms with Crippen molar-refractivity contribution < 1.29 is 5.11 Å². The number of aliphatic hydroxyl groups excluding tert-OH is 1. The second kappa shape index (κ2) is 7.98. The monoisotopic (exact) mass is 160 g/mol. The largest absolute Gasteiger partial charge is 0.396 e. The van der Waals surface area contributed by atoms with Gasteiger partial charge in [-0.2, -0.15) is 0 Å². The number of hydrogen-bond acceptors (Lipinski definition) is 3. The average Bonchev–Trinajstić information content (AvgIpc) is 1.96. The standard InChI is InChI=1S/C8H20N2O/c1-8(2)10-6-5-9-4-3-7-11/h8-11H,3-7H2,1-2H3. The van der Waals surface area contributed by atoms with E-state index in [2.05, 4.69) is 24.5 Å². The Morgan fingerprint density at radius 2 is 1.91 bits per heavy atom. The normalized spacial score (nSPS) is 10.9. The predicted molar refractivity (Wildman–Crippen MR) is 47.7 cm³/mol. The van der Waals surface area contributed by atoms with Gasteiger partial charge in [0.2, 0.25) is 0 Å². The first kappa shape index (κ1) is 10.9. The van der Waals surface area contributed by atoms with Gasteiger partial charge in [-0.3, -0.25) is 0 Å². The molecule has 0 bridgehead atoms. The topological polar surface area (TPSA) is 44.3 Å². The molecule has 0 aliphatic heterocycles. The van der Waals surface area contributed by atoms with Gasteiger partial charge in [-0.15, -0.1) is 0 Å². The second-order valence-corrected chi connectivity index (χ2v) is 2.94. The Balaban J connectivity index is 2.80. The molecule has 0 rings (SSSR count). The molecule has 11 heavy (non-hydrogen) atoms. The molecule has 3 nitrogen and oxygen atoms in total. The summed E-state index contributed by atoms with van der Waals surface area (Å²) >= 11 is 0. The first-order chi connectivity index (χ1) is 5.27. The minimum atomic E-state index is 0.282. The van der Waals surface area contributed by atoms with Crippen LogP contribution in [0, 0.1) is 0 Å². The summed E-state index contributed by atoms with van der Waals surface area (Å²) < 4.78 is 0. The molecule has 0 aromatic carbocycles. The van der Waals surface area contributed by atoms with Gasteiger partial charge in [0, 0.05) is 25.7 Å². The molecule has 68 valence electrons. The lowest BCUT2D eigenvalue weighted by atomic mass is 10.4. The Morgan fingerprint density at radius 3 is 2.45 bits per heavy atom. The molecule has 0 heterocycles. The third kappa shape index (κ3) is 9.88. The van der Waals surface area contributed by atoms with Gasteiger partial charge in [0.25, 0.3) is 0 Å². The quantitative estimate of drug-likeness (QED) is 0.458. The average molecular weight is 160 g/mol. The molecular weight excluding hydrogens is 140 g/mol. The van der Waals surface area contributed by atoms with Crippen molar-refractivity contribution in [2.75, 3.05) is 26.2 Å². The summed E-state index contributed by atoms with van der Waals surface area (Å²) in [5, 5.41) is 15.0. The minimum Gasteiger partial charge on any atom is -0.396 e. The summed E-state index contributed by atoms with van der Waals surface area (Å²) in [4.78, 5) is 0. The summed E-state index contributed by atoms with van der Waals surface area (Å²) in [6, 6.07) is 0.564. The van der Waals surface area contributed by atoms with Crippen LogP contribution >= 0.6 is 0 Å². The molecule has 0 aromatic rings. The van der Waals surface area contributed by atoms with E-state index in [1.165, 1.54) is 0 Å². The van der Waals surface area contributed by atoms with Crippen molar-refractivity contribution >= 4 is 0 Å². The van der Waals surface area contributed by atoms with Crippen LogP contribution in [0.4, 0.5) is 0 Å². The summed E-state index contributed by atoms with van der Waals surface area (Å²) in [6.45, 7) is 7.45. The van der Waals surface area contributed by atoms with Crippen LogP contribution in [0.15, 0.2) is 0 Å². The SMILES string of the molecule is CC(C)NCCNCCCO. The molecule has 0 amide bonds. The Morgan fingerprint density at radius 1 is 1.18 bits per heavy atom. The third-order valence-electron chi connectivity index (χ3n) is 1.37. The zero-order valence-electron chi connectivity index (χ0n) is 7.56. The van der Waals surface area contributed by atoms with Crippen molar-refractivity contribution in [3.8, 4) is 0 Å². The highest BCUT2D eigenvalue weighted by Gasteiger charge is 1.90. The molecule has 0 atom stereocenters. The van der Waals surface area contributed by atoms with Crippen LogP contribution in [0.1, 0.15) is 20.3 Å². The van der Waals surface area contributed by atoms with Crippen molar-refractivity contribution in [1.29, 1.82) is 0 Å². The van der Waals surface area contributed by atoms with Crippen LogP contribution in [0.5, 0.6) is 0 Å². The molecule has 0 spiro atoms. The van der Waals surface area contributed by atoms with Crippen LogP contribution in [-0.2, 0) is 0 Å². The summed E-state index contributed by atoms with van der Waals surface area (Å²) in [5.74, 6) is 0. The molecule has 0 saturated heterocycles. The van der Waals surface area contributed by atoms with Gasteiger partial charge in [-0.05, 0) is 13.0 Å². The molecule has 0 aromatic heterocycles. The highest BCUT2D eigenvalue weighted by atomic mass is 16.3. The van der Waals surface area contributed by atoms with Gasteiger partial charge in [-0.25, -0.2) is 0 Å². The van der Waals surface area contributed by atoms with Gasteiger partial charge in [0.05, 0.1) is 0 Å². The zero-order chi connectivity index (χ0) is 8.53. The maximum absolute atomic E-state index is 8.46. The van der Waals surface area contributed by atoms with Crippen molar-refractivity contribution in [3.63, 3.8) is 0 Å². The number of rotatable bonds is 7. The molecule has 0 aliphatic rings. The van der Waals surface area contributed by atoms with Crippen molar-refractivity contribution in [2.45, 2.75) is 26.3 Å². The van der Waals surface area contributed by atoms with Crippen molar-refractivity contribution in [3.05, 3.63) is 0 Å². The second-order valence-electron chi connectivity index (χ2n) is 2.94.